The highest BCUT2D eigenvalue weighted by Gasteiger charge is 2.25. The largest absolute Gasteiger partial charge is 0.309 e. The smallest absolute Gasteiger partial charge is 0.187 e. The van der Waals surface area contributed by atoms with Crippen molar-refractivity contribution in [3.63, 3.8) is 0 Å². The standard InChI is InChI=1S/C80H44N10/c1-85-64-23-11-22-59(40-64)63-26-33-74-70(44-63)69-41-60(56-19-8-12-50(36-56)46-81)25-32-73(69)89(74)65-29-30-66(80-87-78(54-15-4-2-5-16-54)86-79(88-80)55-17-6-3-7-18-55)67(45-65)68-39-53(49-84)24-31-75(68)90-76-34-27-61(57-20-9-13-51(37-57)47-82)42-71(76)72-43-62(28-35-77(72)90)58-21-10-14-52(38-58)48-83/h2-45H. The molecule has 90 heavy (non-hydrogen) atoms. The van der Waals surface area contributed by atoms with Crippen LogP contribution in [0.3, 0.4) is 0 Å². The highest BCUT2D eigenvalue weighted by molar-refractivity contribution is 6.14. The van der Waals surface area contributed by atoms with Gasteiger partial charge in [0.25, 0.3) is 0 Å². The minimum atomic E-state index is 0.422. The van der Waals surface area contributed by atoms with Crippen molar-refractivity contribution in [1.82, 2.24) is 24.1 Å². The fourth-order valence-corrected chi connectivity index (χ4v) is 12.4. The zero-order valence-corrected chi connectivity index (χ0v) is 47.9. The van der Waals surface area contributed by atoms with Gasteiger partial charge in [-0.2, -0.15) is 21.0 Å². The molecule has 0 aliphatic rings. The number of aromatic nitrogens is 5. The van der Waals surface area contributed by atoms with Crippen LogP contribution in [0.15, 0.2) is 267 Å². The van der Waals surface area contributed by atoms with Crippen LogP contribution in [-0.4, -0.2) is 24.1 Å². The minimum Gasteiger partial charge on any atom is -0.309 e. The first-order valence-electron chi connectivity index (χ1n) is 29.1. The Labute approximate surface area is 517 Å². The number of fused-ring (bicyclic) bond motifs is 6. The van der Waals surface area contributed by atoms with Crippen LogP contribution in [0.1, 0.15) is 22.3 Å². The summed E-state index contributed by atoms with van der Waals surface area (Å²) in [6.07, 6.45) is 0. The van der Waals surface area contributed by atoms with E-state index in [9.17, 15) is 21.0 Å². The number of benzene rings is 12. The number of nitriles is 4. The third-order valence-corrected chi connectivity index (χ3v) is 16.7. The van der Waals surface area contributed by atoms with Crippen LogP contribution in [0.5, 0.6) is 0 Å². The molecule has 0 saturated carbocycles. The molecular formula is C80H44N10. The van der Waals surface area contributed by atoms with Crippen molar-refractivity contribution in [3.8, 4) is 125 Å². The quantitative estimate of drug-likeness (QED) is 0.124. The Morgan fingerprint density at radius 2 is 0.678 bits per heavy atom. The van der Waals surface area contributed by atoms with Gasteiger partial charge in [-0.25, -0.2) is 19.8 Å². The summed E-state index contributed by atoms with van der Waals surface area (Å²) in [6, 6.07) is 97.5. The van der Waals surface area contributed by atoms with Gasteiger partial charge in [0.15, 0.2) is 23.2 Å². The van der Waals surface area contributed by atoms with Crippen molar-refractivity contribution in [2.24, 2.45) is 0 Å². The molecule has 0 saturated heterocycles. The van der Waals surface area contributed by atoms with E-state index in [0.717, 1.165) is 122 Å². The molecule has 0 bridgehead atoms. The Kier molecular flexibility index (Phi) is 13.2. The van der Waals surface area contributed by atoms with Crippen molar-refractivity contribution in [2.75, 3.05) is 0 Å². The molecule has 3 aromatic heterocycles. The lowest BCUT2D eigenvalue weighted by Crippen LogP contribution is -2.04. The summed E-state index contributed by atoms with van der Waals surface area (Å²) in [4.78, 5) is 19.5. The molecule has 10 heteroatoms. The second kappa shape index (κ2) is 22.3. The summed E-state index contributed by atoms with van der Waals surface area (Å²) in [6.45, 7) is 7.83. The summed E-state index contributed by atoms with van der Waals surface area (Å²) in [5.74, 6) is 1.41. The molecule has 0 aliphatic heterocycles. The van der Waals surface area contributed by atoms with Crippen LogP contribution in [0.4, 0.5) is 5.69 Å². The monoisotopic (exact) mass is 1140 g/mol. The van der Waals surface area contributed by atoms with Gasteiger partial charge >= 0.3 is 0 Å². The highest BCUT2D eigenvalue weighted by atomic mass is 15.0. The molecule has 15 rings (SSSR count). The van der Waals surface area contributed by atoms with E-state index in [1.54, 1.807) is 12.1 Å². The van der Waals surface area contributed by atoms with E-state index in [-0.39, 0.29) is 0 Å². The molecular weight excluding hydrogens is 1100 g/mol. The predicted octanol–water partition coefficient (Wildman–Crippen LogP) is 19.4. The first-order chi connectivity index (χ1) is 44.3. The second-order valence-corrected chi connectivity index (χ2v) is 22.0. The highest BCUT2D eigenvalue weighted by Crippen LogP contribution is 2.45. The van der Waals surface area contributed by atoms with E-state index >= 15 is 0 Å². The maximum atomic E-state index is 11.0. The fourth-order valence-electron chi connectivity index (χ4n) is 12.4. The van der Waals surface area contributed by atoms with Crippen LogP contribution in [-0.2, 0) is 0 Å². The van der Waals surface area contributed by atoms with Crippen molar-refractivity contribution < 1.29 is 0 Å². The lowest BCUT2D eigenvalue weighted by Gasteiger charge is -2.19. The molecule has 414 valence electrons. The van der Waals surface area contributed by atoms with E-state index < -0.39 is 0 Å². The van der Waals surface area contributed by atoms with E-state index in [1.165, 1.54) is 0 Å². The first-order valence-corrected chi connectivity index (χ1v) is 29.1. The van der Waals surface area contributed by atoms with Gasteiger partial charge < -0.3 is 9.13 Å². The van der Waals surface area contributed by atoms with Crippen molar-refractivity contribution in [2.45, 2.75) is 0 Å². The fraction of sp³-hybridized carbons (Fsp3) is 0. The lowest BCUT2D eigenvalue weighted by atomic mass is 9.94. The normalized spacial score (nSPS) is 11.1. The van der Waals surface area contributed by atoms with Gasteiger partial charge in [0.05, 0.1) is 80.9 Å². The van der Waals surface area contributed by atoms with Gasteiger partial charge in [0.1, 0.15) is 0 Å². The topological polar surface area (TPSA) is 148 Å². The summed E-state index contributed by atoms with van der Waals surface area (Å²) in [5, 5.41) is 44.8. The number of hydrogen-bond acceptors (Lipinski definition) is 7. The number of rotatable bonds is 10. The predicted molar refractivity (Wildman–Crippen MR) is 357 cm³/mol. The van der Waals surface area contributed by atoms with E-state index in [0.29, 0.717) is 51.0 Å². The summed E-state index contributed by atoms with van der Waals surface area (Å²) < 4.78 is 4.53. The van der Waals surface area contributed by atoms with Crippen LogP contribution in [0.2, 0.25) is 0 Å². The average Bonchev–Trinajstić information content (AvgIpc) is 1.57. The van der Waals surface area contributed by atoms with Crippen LogP contribution in [0, 0.1) is 51.9 Å². The van der Waals surface area contributed by atoms with Gasteiger partial charge in [-0.1, -0.05) is 140 Å². The van der Waals surface area contributed by atoms with Crippen molar-refractivity contribution in [3.05, 3.63) is 301 Å². The van der Waals surface area contributed by atoms with E-state index in [4.69, 9.17) is 21.5 Å². The van der Waals surface area contributed by atoms with Gasteiger partial charge in [0.2, 0.25) is 0 Å². The minimum absolute atomic E-state index is 0.422. The molecule has 0 amide bonds. The zero-order valence-electron chi connectivity index (χ0n) is 47.9. The Morgan fingerprint density at radius 1 is 0.289 bits per heavy atom. The summed E-state index contributed by atoms with van der Waals surface area (Å²) in [7, 11) is 0. The molecule has 12 aromatic carbocycles. The maximum Gasteiger partial charge on any atom is 0.187 e. The van der Waals surface area contributed by atoms with E-state index in [1.807, 2.05) is 164 Å². The van der Waals surface area contributed by atoms with Crippen LogP contribution >= 0.6 is 0 Å². The Morgan fingerprint density at radius 3 is 1.12 bits per heavy atom. The molecule has 0 N–H and O–H groups in total. The first kappa shape index (κ1) is 53.4. The van der Waals surface area contributed by atoms with E-state index in [2.05, 4.69) is 129 Å². The number of hydrogen-bond donors (Lipinski definition) is 0. The number of nitrogens with zero attached hydrogens (tertiary/aromatic N) is 10. The Hall–Kier alpha value is -13.3. The molecule has 0 spiro atoms. The molecule has 0 atom stereocenters. The van der Waals surface area contributed by atoms with Crippen LogP contribution < -0.4 is 0 Å². The Balaban J connectivity index is 1.03. The zero-order chi connectivity index (χ0) is 60.8. The third kappa shape index (κ3) is 9.50. The summed E-state index contributed by atoms with van der Waals surface area (Å²) >= 11 is 0. The molecule has 0 unspecified atom stereocenters. The van der Waals surface area contributed by atoms with Crippen LogP contribution in [0.25, 0.3) is 150 Å². The summed E-state index contributed by atoms with van der Waals surface area (Å²) in [5.41, 5.74) is 19.1. The van der Waals surface area contributed by atoms with Gasteiger partial charge in [-0.3, -0.25) is 0 Å². The molecule has 3 heterocycles. The maximum absolute atomic E-state index is 11.0. The molecule has 15 aromatic rings. The van der Waals surface area contributed by atoms with Crippen molar-refractivity contribution in [1.29, 1.82) is 21.0 Å². The van der Waals surface area contributed by atoms with Gasteiger partial charge in [-0.15, -0.1) is 0 Å². The molecule has 0 aliphatic carbocycles. The van der Waals surface area contributed by atoms with Gasteiger partial charge in [0, 0.05) is 49.5 Å². The van der Waals surface area contributed by atoms with Crippen molar-refractivity contribution >= 4 is 49.3 Å². The van der Waals surface area contributed by atoms with Gasteiger partial charge in [-0.05, 0) is 177 Å². The third-order valence-electron chi connectivity index (χ3n) is 16.7. The average molecular weight is 1150 g/mol. The Bertz CT molecular complexity index is 5400. The SMILES string of the molecule is [C-]#[N+]c1cccc(-c2ccc3c(c2)c2cc(-c4cccc(C#N)c4)ccc2n3-c2ccc(-c3nc(-c4ccccc4)nc(-c4ccccc4)n3)c(-c3cc(C#N)ccc3-n3c4ccc(-c5cccc(C#N)c5)cc4c4cc(-c5cccc(C#N)c5)ccc43)c2)c1. The lowest BCUT2D eigenvalue weighted by molar-refractivity contribution is 1.07. The molecule has 0 fully saturated rings. The molecule has 0 radical (unpaired) electrons. The second-order valence-electron chi connectivity index (χ2n) is 22.0. The molecule has 10 nitrogen and oxygen atoms in total.